The fraction of sp³-hybridized carbons (Fsp3) is 0.333. The van der Waals surface area contributed by atoms with E-state index in [2.05, 4.69) is 5.14 Å². The van der Waals surface area contributed by atoms with Gasteiger partial charge in [0, 0.05) is 0 Å². The Morgan fingerprint density at radius 3 is 1.95 bits per heavy atom. The zero-order chi connectivity index (χ0) is 15.9. The number of halogens is 3. The Labute approximate surface area is 114 Å². The van der Waals surface area contributed by atoms with E-state index in [1.165, 1.54) is 4.13 Å². The van der Waals surface area contributed by atoms with Gasteiger partial charge in [0.1, 0.15) is 0 Å². The average Bonchev–Trinajstić information content (AvgIpc) is 2.15. The van der Waals surface area contributed by atoms with Crippen LogP contribution in [0.5, 0.6) is 0 Å². The lowest BCUT2D eigenvalue weighted by molar-refractivity contribution is -0.138. The topological polar surface area (TPSA) is 106 Å². The van der Waals surface area contributed by atoms with Crippen molar-refractivity contribution in [3.8, 4) is 0 Å². The van der Waals surface area contributed by atoms with Crippen LogP contribution in [0.15, 0.2) is 17.0 Å². The first-order chi connectivity index (χ1) is 8.76. The molecule has 0 aliphatic carbocycles. The maximum absolute atomic E-state index is 12.6. The summed E-state index contributed by atoms with van der Waals surface area (Å²) in [6.07, 6.45) is -4.63. The van der Waals surface area contributed by atoms with Gasteiger partial charge in [-0.3, -0.25) is 0 Å². The van der Waals surface area contributed by atoms with Crippen molar-refractivity contribution in [1.29, 1.82) is 0 Å². The van der Waals surface area contributed by atoms with E-state index < -0.39 is 36.9 Å². The number of nitrogens with two attached hydrogens (primary N) is 1. The second-order valence-electron chi connectivity index (χ2n) is 3.99. The summed E-state index contributed by atoms with van der Waals surface area (Å²) in [4.78, 5) is -0.586. The van der Waals surface area contributed by atoms with E-state index in [1.54, 1.807) is 0 Å². The molecular formula is C9H11F3N2O4S2. The average molecular weight is 332 g/mol. The number of alkyl halides is 3. The van der Waals surface area contributed by atoms with Crippen LogP contribution in [0.1, 0.15) is 16.7 Å². The maximum atomic E-state index is 12.6. The summed E-state index contributed by atoms with van der Waals surface area (Å²) in [6, 6.07) is 1.25. The van der Waals surface area contributed by atoms with Crippen LogP contribution < -0.4 is 9.27 Å². The first-order valence-corrected chi connectivity index (χ1v) is 8.02. The maximum Gasteiger partial charge on any atom is 0.416 e. The molecular weight excluding hydrogens is 321 g/mol. The zero-order valence-corrected chi connectivity index (χ0v) is 11.9. The monoisotopic (exact) mass is 332 g/mol. The molecule has 0 aliphatic rings. The molecule has 0 amide bonds. The van der Waals surface area contributed by atoms with E-state index in [0.29, 0.717) is 12.1 Å². The van der Waals surface area contributed by atoms with Crippen LogP contribution in [0.3, 0.4) is 0 Å². The van der Waals surface area contributed by atoms with Gasteiger partial charge >= 0.3 is 6.18 Å². The summed E-state index contributed by atoms with van der Waals surface area (Å²) in [5.74, 6) is 0. The first kappa shape index (κ1) is 16.9. The van der Waals surface area contributed by atoms with E-state index >= 15 is 0 Å². The van der Waals surface area contributed by atoms with E-state index in [4.69, 9.17) is 0 Å². The van der Waals surface area contributed by atoms with Gasteiger partial charge in [0.25, 0.3) is 20.2 Å². The Kier molecular flexibility index (Phi) is 4.21. The summed E-state index contributed by atoms with van der Waals surface area (Å²) >= 11 is 0. The van der Waals surface area contributed by atoms with Gasteiger partial charge in [-0.25, -0.2) is 13.6 Å². The molecule has 6 nitrogen and oxygen atoms in total. The van der Waals surface area contributed by atoms with Crippen molar-refractivity contribution in [2.45, 2.75) is 24.9 Å². The highest BCUT2D eigenvalue weighted by Gasteiger charge is 2.34. The van der Waals surface area contributed by atoms with Crippen molar-refractivity contribution >= 4 is 20.2 Å². The van der Waals surface area contributed by atoms with Gasteiger partial charge in [-0.05, 0) is 37.1 Å². The smallest absolute Gasteiger partial charge is 0.215 e. The number of nitrogens with one attached hydrogen (secondary N) is 1. The molecule has 20 heavy (non-hydrogen) atoms. The quantitative estimate of drug-likeness (QED) is 0.854. The Bertz CT molecular complexity index is 739. The van der Waals surface area contributed by atoms with E-state index in [1.807, 2.05) is 0 Å². The highest BCUT2D eigenvalue weighted by molar-refractivity contribution is 8.03. The van der Waals surface area contributed by atoms with Crippen molar-refractivity contribution in [3.05, 3.63) is 28.8 Å². The predicted molar refractivity (Wildman–Crippen MR) is 64.3 cm³/mol. The third-order valence-electron chi connectivity index (χ3n) is 2.56. The predicted octanol–water partition coefficient (Wildman–Crippen LogP) is 0.804. The van der Waals surface area contributed by atoms with Gasteiger partial charge in [-0.2, -0.15) is 21.6 Å². The van der Waals surface area contributed by atoms with Gasteiger partial charge in [0.05, 0.1) is 10.5 Å². The van der Waals surface area contributed by atoms with E-state index in [9.17, 15) is 30.0 Å². The fourth-order valence-corrected chi connectivity index (χ4v) is 3.98. The summed E-state index contributed by atoms with van der Waals surface area (Å²) in [5.41, 5.74) is -1.52. The van der Waals surface area contributed by atoms with Gasteiger partial charge in [-0.15, -0.1) is 0 Å². The molecule has 0 unspecified atom stereocenters. The molecule has 0 spiro atoms. The molecule has 3 N–H and O–H groups in total. The second kappa shape index (κ2) is 4.98. The number of sulfonamides is 1. The molecule has 0 fully saturated rings. The number of rotatable bonds is 3. The van der Waals surface area contributed by atoms with Crippen LogP contribution in [0.25, 0.3) is 0 Å². The van der Waals surface area contributed by atoms with Crippen molar-refractivity contribution in [1.82, 2.24) is 4.13 Å². The van der Waals surface area contributed by atoms with E-state index in [-0.39, 0.29) is 11.1 Å². The van der Waals surface area contributed by atoms with Crippen LogP contribution in [-0.4, -0.2) is 16.8 Å². The SMILES string of the molecule is Cc1c(C(F)(F)F)ccc(S(=O)(=O)NS(N)(=O)=O)c1C. The highest BCUT2D eigenvalue weighted by atomic mass is 32.3. The highest BCUT2D eigenvalue weighted by Crippen LogP contribution is 2.34. The Morgan fingerprint density at radius 1 is 1.05 bits per heavy atom. The lowest BCUT2D eigenvalue weighted by atomic mass is 10.0. The summed E-state index contributed by atoms with van der Waals surface area (Å²) in [6.45, 7) is 2.23. The minimum absolute atomic E-state index is 0.212. The third kappa shape index (κ3) is 3.69. The summed E-state index contributed by atoms with van der Waals surface area (Å²) < 4.78 is 84.1. The fourth-order valence-electron chi connectivity index (χ4n) is 1.59. The number of hydrogen-bond donors (Lipinski definition) is 2. The van der Waals surface area contributed by atoms with Gasteiger partial charge in [0.2, 0.25) is 0 Å². The first-order valence-electron chi connectivity index (χ1n) is 4.99. The number of benzene rings is 1. The largest absolute Gasteiger partial charge is 0.416 e. The van der Waals surface area contributed by atoms with Crippen LogP contribution >= 0.6 is 0 Å². The van der Waals surface area contributed by atoms with Crippen LogP contribution in [-0.2, 0) is 26.4 Å². The van der Waals surface area contributed by atoms with Crippen molar-refractivity contribution in [2.24, 2.45) is 5.14 Å². The molecule has 1 aromatic carbocycles. The minimum Gasteiger partial charge on any atom is -0.215 e. The molecule has 114 valence electrons. The second-order valence-corrected chi connectivity index (χ2v) is 7.19. The Hall–Kier alpha value is -1.17. The molecule has 0 aromatic heterocycles. The molecule has 1 aromatic rings. The van der Waals surface area contributed by atoms with Gasteiger partial charge in [0.15, 0.2) is 0 Å². The van der Waals surface area contributed by atoms with Crippen molar-refractivity contribution < 1.29 is 30.0 Å². The minimum atomic E-state index is -4.63. The Morgan fingerprint density at radius 2 is 1.55 bits per heavy atom. The Balaban J connectivity index is 3.48. The van der Waals surface area contributed by atoms with Crippen molar-refractivity contribution in [2.75, 3.05) is 0 Å². The molecule has 0 radical (unpaired) electrons. The van der Waals surface area contributed by atoms with Crippen LogP contribution in [0.2, 0.25) is 0 Å². The standard InChI is InChI=1S/C9H11F3N2O4S2/c1-5-6(2)8(4-3-7(5)9(10,11)12)19(15,16)14-20(13,17)18/h3-4,14H,1-2H3,(H2,13,17,18). The normalized spacial score (nSPS) is 13.5. The number of hydrogen-bond acceptors (Lipinski definition) is 4. The lowest BCUT2D eigenvalue weighted by Crippen LogP contribution is -2.36. The summed E-state index contributed by atoms with van der Waals surface area (Å²) in [5, 5.41) is 4.55. The van der Waals surface area contributed by atoms with Gasteiger partial charge < -0.3 is 0 Å². The zero-order valence-electron chi connectivity index (χ0n) is 10.3. The molecule has 11 heteroatoms. The molecule has 0 saturated carbocycles. The molecule has 0 atom stereocenters. The summed E-state index contributed by atoms with van der Waals surface area (Å²) in [7, 11) is -9.12. The molecule has 0 saturated heterocycles. The molecule has 0 heterocycles. The van der Waals surface area contributed by atoms with Gasteiger partial charge in [-0.1, -0.05) is 4.13 Å². The van der Waals surface area contributed by atoms with Crippen molar-refractivity contribution in [3.63, 3.8) is 0 Å². The lowest BCUT2D eigenvalue weighted by Gasteiger charge is -2.15. The molecule has 1 rings (SSSR count). The van der Waals surface area contributed by atoms with Crippen LogP contribution in [0.4, 0.5) is 13.2 Å². The third-order valence-corrected chi connectivity index (χ3v) is 5.39. The van der Waals surface area contributed by atoms with Crippen LogP contribution in [0, 0.1) is 13.8 Å². The van der Waals surface area contributed by atoms with E-state index in [0.717, 1.165) is 13.8 Å². The molecule has 0 bridgehead atoms. The molecule has 0 aliphatic heterocycles.